The molecule has 11 heteroatoms. The number of benzene rings is 1. The van der Waals surface area contributed by atoms with Gasteiger partial charge in [-0.3, -0.25) is 9.53 Å². The number of carbonyl (C=O) groups is 1. The fraction of sp³-hybridized carbons (Fsp3) is 0.333. The lowest BCUT2D eigenvalue weighted by Crippen LogP contribution is -2.30. The molecule has 3 rings (SSSR count). The van der Waals surface area contributed by atoms with Crippen molar-refractivity contribution in [3.05, 3.63) is 52.6 Å². The van der Waals surface area contributed by atoms with Gasteiger partial charge in [0.25, 0.3) is 5.91 Å². The number of carbonyl (C=O) groups excluding carboxylic acids is 1. The highest BCUT2D eigenvalue weighted by Crippen LogP contribution is 2.34. The van der Waals surface area contributed by atoms with E-state index in [1.807, 2.05) is 16.7 Å². The summed E-state index contributed by atoms with van der Waals surface area (Å²) in [5, 5.41) is 11.7. The summed E-state index contributed by atoms with van der Waals surface area (Å²) in [5.74, 6) is -1.16. The topological polar surface area (TPSA) is 79.1 Å². The van der Waals surface area contributed by atoms with Crippen LogP contribution in [0.2, 0.25) is 0 Å². The third-order valence-electron chi connectivity index (χ3n) is 4.71. The number of hydrogen-bond donors (Lipinski definition) is 2. The molecular formula is C21H20F4N4O2S. The van der Waals surface area contributed by atoms with Crippen LogP contribution >= 0.6 is 11.9 Å². The summed E-state index contributed by atoms with van der Waals surface area (Å²) in [6.07, 6.45) is -0.748. The number of anilines is 1. The Balaban J connectivity index is 1.90. The van der Waals surface area contributed by atoms with Crippen LogP contribution in [0, 0.1) is 24.1 Å². The number of rotatable bonds is 6. The van der Waals surface area contributed by atoms with E-state index < -0.39 is 24.3 Å². The summed E-state index contributed by atoms with van der Waals surface area (Å²) >= 11 is 0.953. The molecule has 0 aliphatic carbocycles. The van der Waals surface area contributed by atoms with Gasteiger partial charge in [-0.1, -0.05) is 6.08 Å². The summed E-state index contributed by atoms with van der Waals surface area (Å²) in [4.78, 5) is 13.7. The normalized spacial score (nSPS) is 14.4. The third-order valence-corrected chi connectivity index (χ3v) is 5.88. The van der Waals surface area contributed by atoms with Crippen LogP contribution in [-0.4, -0.2) is 23.1 Å². The van der Waals surface area contributed by atoms with E-state index in [2.05, 4.69) is 14.8 Å². The van der Waals surface area contributed by atoms with Gasteiger partial charge in [-0.25, -0.2) is 9.11 Å². The zero-order valence-corrected chi connectivity index (χ0v) is 18.0. The maximum absolute atomic E-state index is 13.6. The van der Waals surface area contributed by atoms with Gasteiger partial charge in [-0.15, -0.1) is 13.2 Å². The summed E-state index contributed by atoms with van der Waals surface area (Å²) in [7, 11) is 0. The largest absolute Gasteiger partial charge is 0.524 e. The zero-order chi connectivity index (χ0) is 23.5. The molecule has 1 aliphatic heterocycles. The van der Waals surface area contributed by atoms with Crippen LogP contribution in [0.15, 0.2) is 29.2 Å². The highest BCUT2D eigenvalue weighted by Gasteiger charge is 2.32. The van der Waals surface area contributed by atoms with Gasteiger partial charge in [-0.2, -0.15) is 5.26 Å². The van der Waals surface area contributed by atoms with Crippen molar-refractivity contribution in [1.29, 1.82) is 5.26 Å². The van der Waals surface area contributed by atoms with E-state index in [9.17, 15) is 22.4 Å². The standard InChI is InChI=1S/C21H20F4N4O2S/c1-12-18(20(30)27-15-7-8-16(22)14(10-15)11-26)29-9-5-3-4-6-17(29)19(12)32-28-13(2)31-21(23,24)25/h4,6-8,10,13,28H,3,5,9H2,1-2H3,(H,27,30). The van der Waals surface area contributed by atoms with Gasteiger partial charge in [0, 0.05) is 12.2 Å². The van der Waals surface area contributed by atoms with Gasteiger partial charge in [0.05, 0.1) is 16.2 Å². The van der Waals surface area contributed by atoms with Crippen molar-refractivity contribution in [1.82, 2.24) is 9.29 Å². The first-order chi connectivity index (χ1) is 15.1. The SMILES string of the molecule is Cc1c(SNC(C)OC(F)(F)F)c2n(c1C(=O)Nc1ccc(F)c(C#N)c1)CCCC=C2. The molecule has 0 saturated carbocycles. The Morgan fingerprint density at radius 3 is 2.81 bits per heavy atom. The fourth-order valence-electron chi connectivity index (χ4n) is 3.37. The number of nitriles is 1. The Bertz CT molecular complexity index is 1090. The second kappa shape index (κ2) is 9.77. The molecule has 1 amide bonds. The average Bonchev–Trinajstić information content (AvgIpc) is 2.83. The number of nitrogens with zero attached hydrogens (tertiary/aromatic N) is 2. The Morgan fingerprint density at radius 1 is 1.38 bits per heavy atom. The van der Waals surface area contributed by atoms with Gasteiger partial charge < -0.3 is 9.88 Å². The lowest BCUT2D eigenvalue weighted by atomic mass is 10.2. The molecule has 1 aromatic carbocycles. The molecule has 0 saturated heterocycles. The minimum Gasteiger partial charge on any atom is -0.336 e. The van der Waals surface area contributed by atoms with Crippen molar-refractivity contribution in [2.45, 2.75) is 50.7 Å². The van der Waals surface area contributed by atoms with Crippen LogP contribution in [-0.2, 0) is 11.3 Å². The number of amides is 1. The molecule has 1 aliphatic rings. The molecule has 2 N–H and O–H groups in total. The predicted octanol–water partition coefficient (Wildman–Crippen LogP) is 5.35. The zero-order valence-electron chi connectivity index (χ0n) is 17.2. The number of allylic oxidation sites excluding steroid dienone is 1. The second-order valence-electron chi connectivity index (χ2n) is 7.07. The van der Waals surface area contributed by atoms with Gasteiger partial charge >= 0.3 is 6.36 Å². The quantitative estimate of drug-likeness (QED) is 0.340. The predicted molar refractivity (Wildman–Crippen MR) is 112 cm³/mol. The maximum Gasteiger partial charge on any atom is 0.524 e. The van der Waals surface area contributed by atoms with Crippen LogP contribution in [0.3, 0.4) is 0 Å². The molecule has 0 fully saturated rings. The highest BCUT2D eigenvalue weighted by molar-refractivity contribution is 7.97. The Hall–Kier alpha value is -2.81. The first kappa shape index (κ1) is 23.8. The molecule has 1 aromatic heterocycles. The van der Waals surface area contributed by atoms with Crippen molar-refractivity contribution >= 4 is 29.6 Å². The number of ether oxygens (including phenoxy) is 1. The van der Waals surface area contributed by atoms with Crippen molar-refractivity contribution in [2.75, 3.05) is 5.32 Å². The maximum atomic E-state index is 13.6. The van der Waals surface area contributed by atoms with E-state index in [4.69, 9.17) is 5.26 Å². The van der Waals surface area contributed by atoms with E-state index in [1.54, 1.807) is 13.0 Å². The van der Waals surface area contributed by atoms with E-state index in [-0.39, 0.29) is 11.3 Å². The second-order valence-corrected chi connectivity index (χ2v) is 7.92. The number of halogens is 4. The number of aromatic nitrogens is 1. The fourth-order valence-corrected chi connectivity index (χ4v) is 4.24. The molecule has 170 valence electrons. The van der Waals surface area contributed by atoms with Crippen LogP contribution < -0.4 is 10.0 Å². The highest BCUT2D eigenvalue weighted by atomic mass is 32.2. The molecule has 2 heterocycles. The minimum atomic E-state index is -4.78. The average molecular weight is 468 g/mol. The van der Waals surface area contributed by atoms with Gasteiger partial charge in [0.15, 0.2) is 0 Å². The van der Waals surface area contributed by atoms with E-state index >= 15 is 0 Å². The molecule has 1 atom stereocenters. The van der Waals surface area contributed by atoms with Crippen molar-refractivity contribution < 1.29 is 27.1 Å². The van der Waals surface area contributed by atoms with Gasteiger partial charge in [0.2, 0.25) is 0 Å². The van der Waals surface area contributed by atoms with Gasteiger partial charge in [-0.05, 0) is 68.5 Å². The summed E-state index contributed by atoms with van der Waals surface area (Å²) < 4.78 is 59.3. The molecule has 0 radical (unpaired) electrons. The lowest BCUT2D eigenvalue weighted by Gasteiger charge is -2.16. The van der Waals surface area contributed by atoms with Crippen molar-refractivity contribution in [3.63, 3.8) is 0 Å². The van der Waals surface area contributed by atoms with Gasteiger partial charge in [0.1, 0.15) is 23.8 Å². The summed E-state index contributed by atoms with van der Waals surface area (Å²) in [6.45, 7) is 3.47. The third kappa shape index (κ3) is 5.51. The number of alkyl halides is 3. The molecular weight excluding hydrogens is 448 g/mol. The molecule has 0 spiro atoms. The van der Waals surface area contributed by atoms with Crippen LogP contribution in [0.5, 0.6) is 0 Å². The Kier molecular flexibility index (Phi) is 7.28. The molecule has 2 aromatic rings. The van der Waals surface area contributed by atoms with Crippen LogP contribution in [0.25, 0.3) is 6.08 Å². The smallest absolute Gasteiger partial charge is 0.336 e. The van der Waals surface area contributed by atoms with Crippen LogP contribution in [0.1, 0.15) is 47.1 Å². The van der Waals surface area contributed by atoms with E-state index in [1.165, 1.54) is 19.1 Å². The number of fused-ring (bicyclic) bond motifs is 1. The first-order valence-corrected chi connectivity index (χ1v) is 10.5. The molecule has 6 nitrogen and oxygen atoms in total. The monoisotopic (exact) mass is 468 g/mol. The lowest BCUT2D eigenvalue weighted by molar-refractivity contribution is -0.341. The number of hydrogen-bond acceptors (Lipinski definition) is 5. The molecule has 32 heavy (non-hydrogen) atoms. The molecule has 0 bridgehead atoms. The van der Waals surface area contributed by atoms with E-state index in [0.717, 1.165) is 30.9 Å². The minimum absolute atomic E-state index is 0.199. The Labute approximate surface area is 186 Å². The molecule has 1 unspecified atom stereocenters. The van der Waals surface area contributed by atoms with E-state index in [0.29, 0.717) is 28.4 Å². The van der Waals surface area contributed by atoms with Crippen molar-refractivity contribution in [2.24, 2.45) is 0 Å². The van der Waals surface area contributed by atoms with Crippen LogP contribution in [0.4, 0.5) is 23.2 Å². The summed E-state index contributed by atoms with van der Waals surface area (Å²) in [5.41, 5.74) is 1.66. The summed E-state index contributed by atoms with van der Waals surface area (Å²) in [6, 6.07) is 5.40. The number of nitrogens with one attached hydrogen (secondary N) is 2. The first-order valence-electron chi connectivity index (χ1n) is 9.68. The van der Waals surface area contributed by atoms with Crippen molar-refractivity contribution in [3.8, 4) is 6.07 Å². The Morgan fingerprint density at radius 2 is 2.12 bits per heavy atom.